The summed E-state index contributed by atoms with van der Waals surface area (Å²) in [4.78, 5) is 1.80. The Morgan fingerprint density at radius 1 is 0.773 bits per heavy atom. The Labute approximate surface area is 131 Å². The smallest absolute Gasteiger partial charge is 0.197 e. The van der Waals surface area contributed by atoms with Crippen molar-refractivity contribution in [1.82, 2.24) is 0 Å². The van der Waals surface area contributed by atoms with Crippen LogP contribution in [0.4, 0.5) is 11.4 Å². The van der Waals surface area contributed by atoms with E-state index in [1.807, 2.05) is 0 Å². The Morgan fingerprint density at radius 2 is 1.14 bits per heavy atom. The molecule has 0 spiro atoms. The standard InChI is InChI=1S/C19H21N3/c20-19(21)22(17-9-5-15(6-10-17)13-1-2-13)18-11-7-16(8-12-18)14-3-4-14/h5-14H,1-4H2,(H3,20,21). The first kappa shape index (κ1) is 13.4. The summed E-state index contributed by atoms with van der Waals surface area (Å²) in [6.07, 6.45) is 5.22. The van der Waals surface area contributed by atoms with Crippen LogP contribution in [0.5, 0.6) is 0 Å². The second kappa shape index (κ2) is 5.16. The predicted molar refractivity (Wildman–Crippen MR) is 90.9 cm³/mol. The van der Waals surface area contributed by atoms with Gasteiger partial charge in [0.15, 0.2) is 5.96 Å². The highest BCUT2D eigenvalue weighted by Crippen LogP contribution is 2.42. The van der Waals surface area contributed by atoms with Crippen LogP contribution >= 0.6 is 0 Å². The van der Waals surface area contributed by atoms with E-state index in [4.69, 9.17) is 11.1 Å². The highest BCUT2D eigenvalue weighted by Gasteiger charge is 2.25. The van der Waals surface area contributed by atoms with Crippen molar-refractivity contribution in [2.45, 2.75) is 37.5 Å². The van der Waals surface area contributed by atoms with Gasteiger partial charge in [-0.2, -0.15) is 0 Å². The van der Waals surface area contributed by atoms with Crippen LogP contribution in [0, 0.1) is 5.41 Å². The molecule has 0 amide bonds. The zero-order valence-corrected chi connectivity index (χ0v) is 12.6. The molecule has 0 atom stereocenters. The minimum Gasteiger partial charge on any atom is -0.369 e. The zero-order chi connectivity index (χ0) is 15.1. The second-order valence-electron chi connectivity index (χ2n) is 6.45. The maximum atomic E-state index is 7.93. The van der Waals surface area contributed by atoms with E-state index >= 15 is 0 Å². The molecule has 3 N–H and O–H groups in total. The molecule has 2 fully saturated rings. The first-order chi connectivity index (χ1) is 10.7. The van der Waals surface area contributed by atoms with Crippen molar-refractivity contribution in [2.24, 2.45) is 5.73 Å². The second-order valence-corrected chi connectivity index (χ2v) is 6.45. The number of rotatable bonds is 4. The Morgan fingerprint density at radius 3 is 1.41 bits per heavy atom. The van der Waals surface area contributed by atoms with Crippen molar-refractivity contribution in [3.63, 3.8) is 0 Å². The van der Waals surface area contributed by atoms with Crippen LogP contribution in [0.25, 0.3) is 0 Å². The Kier molecular flexibility index (Phi) is 3.14. The van der Waals surface area contributed by atoms with Gasteiger partial charge in [-0.3, -0.25) is 10.3 Å². The molecule has 2 aliphatic rings. The van der Waals surface area contributed by atoms with Crippen molar-refractivity contribution < 1.29 is 0 Å². The molecule has 2 saturated carbocycles. The Balaban J connectivity index is 1.62. The molecular formula is C19H21N3. The monoisotopic (exact) mass is 291 g/mol. The van der Waals surface area contributed by atoms with Crippen LogP contribution in [0.15, 0.2) is 48.5 Å². The summed E-state index contributed by atoms with van der Waals surface area (Å²) in [5.74, 6) is 1.55. The Hall–Kier alpha value is -2.29. The van der Waals surface area contributed by atoms with Crippen molar-refractivity contribution in [3.05, 3.63) is 59.7 Å². The number of nitrogens with one attached hydrogen (secondary N) is 1. The first-order valence-corrected chi connectivity index (χ1v) is 8.06. The van der Waals surface area contributed by atoms with Crippen molar-refractivity contribution >= 4 is 17.3 Å². The molecule has 3 nitrogen and oxygen atoms in total. The summed E-state index contributed by atoms with van der Waals surface area (Å²) in [6.45, 7) is 0. The molecule has 3 heteroatoms. The topological polar surface area (TPSA) is 53.1 Å². The highest BCUT2D eigenvalue weighted by molar-refractivity contribution is 5.99. The molecule has 2 aromatic rings. The molecule has 112 valence electrons. The summed E-state index contributed by atoms with van der Waals surface area (Å²) >= 11 is 0. The largest absolute Gasteiger partial charge is 0.369 e. The predicted octanol–water partition coefficient (Wildman–Crippen LogP) is 4.47. The van der Waals surface area contributed by atoms with Crippen LogP contribution in [-0.4, -0.2) is 5.96 Å². The van der Waals surface area contributed by atoms with E-state index < -0.39 is 0 Å². The van der Waals surface area contributed by atoms with E-state index in [9.17, 15) is 0 Å². The highest BCUT2D eigenvalue weighted by atomic mass is 15.2. The lowest BCUT2D eigenvalue weighted by Gasteiger charge is -2.23. The molecule has 0 saturated heterocycles. The van der Waals surface area contributed by atoms with Crippen molar-refractivity contribution in [3.8, 4) is 0 Å². The van der Waals surface area contributed by atoms with Gasteiger partial charge in [0.2, 0.25) is 0 Å². The lowest BCUT2D eigenvalue weighted by molar-refractivity contribution is 1.12. The Bertz CT molecular complexity index is 624. The third kappa shape index (κ3) is 2.59. The molecule has 22 heavy (non-hydrogen) atoms. The van der Waals surface area contributed by atoms with Gasteiger partial charge in [-0.05, 0) is 72.9 Å². The van der Waals surface area contributed by atoms with Gasteiger partial charge in [-0.1, -0.05) is 24.3 Å². The molecule has 0 heterocycles. The van der Waals surface area contributed by atoms with E-state index in [1.165, 1.54) is 36.8 Å². The quantitative estimate of drug-likeness (QED) is 0.645. The number of anilines is 2. The molecule has 0 aromatic heterocycles. The number of hydrogen-bond donors (Lipinski definition) is 2. The maximum absolute atomic E-state index is 7.93. The number of hydrogen-bond acceptors (Lipinski definition) is 1. The number of benzene rings is 2. The fraction of sp³-hybridized carbons (Fsp3) is 0.316. The van der Waals surface area contributed by atoms with E-state index in [0.717, 1.165) is 23.2 Å². The van der Waals surface area contributed by atoms with Gasteiger partial charge in [0.05, 0.1) is 0 Å². The van der Waals surface area contributed by atoms with Gasteiger partial charge in [-0.15, -0.1) is 0 Å². The first-order valence-electron chi connectivity index (χ1n) is 8.06. The fourth-order valence-corrected chi connectivity index (χ4v) is 3.05. The van der Waals surface area contributed by atoms with Crippen LogP contribution < -0.4 is 10.6 Å². The van der Waals surface area contributed by atoms with E-state index in [0.29, 0.717) is 0 Å². The fourth-order valence-electron chi connectivity index (χ4n) is 3.05. The normalized spacial score (nSPS) is 17.3. The van der Waals surface area contributed by atoms with E-state index in [1.54, 1.807) is 4.90 Å². The molecule has 0 unspecified atom stereocenters. The number of guanidine groups is 1. The van der Waals surface area contributed by atoms with Gasteiger partial charge < -0.3 is 5.73 Å². The third-order valence-electron chi connectivity index (χ3n) is 4.64. The van der Waals surface area contributed by atoms with Gasteiger partial charge in [-0.25, -0.2) is 0 Å². The summed E-state index contributed by atoms with van der Waals surface area (Å²) < 4.78 is 0. The van der Waals surface area contributed by atoms with Gasteiger partial charge in [0.1, 0.15) is 0 Å². The summed E-state index contributed by atoms with van der Waals surface area (Å²) in [7, 11) is 0. The number of nitrogens with two attached hydrogens (primary N) is 1. The number of nitrogens with zero attached hydrogens (tertiary/aromatic N) is 1. The van der Waals surface area contributed by atoms with Crippen LogP contribution in [0.1, 0.15) is 48.6 Å². The minimum atomic E-state index is 0.0540. The van der Waals surface area contributed by atoms with Crippen LogP contribution in [0.2, 0.25) is 0 Å². The molecule has 4 rings (SSSR count). The SMILES string of the molecule is N=C(N)N(c1ccc(C2CC2)cc1)c1ccc(C2CC2)cc1. The summed E-state index contributed by atoms with van der Waals surface area (Å²) in [5.41, 5.74) is 10.5. The minimum absolute atomic E-state index is 0.0540. The van der Waals surface area contributed by atoms with Crippen molar-refractivity contribution in [2.75, 3.05) is 4.90 Å². The molecule has 0 aliphatic heterocycles. The summed E-state index contributed by atoms with van der Waals surface area (Å²) in [6, 6.07) is 17.0. The average Bonchev–Trinajstić information content (AvgIpc) is 3.40. The molecule has 0 bridgehead atoms. The molecule has 0 radical (unpaired) electrons. The van der Waals surface area contributed by atoms with Gasteiger partial charge in [0.25, 0.3) is 0 Å². The molecular weight excluding hydrogens is 270 g/mol. The van der Waals surface area contributed by atoms with Crippen LogP contribution in [-0.2, 0) is 0 Å². The van der Waals surface area contributed by atoms with Crippen LogP contribution in [0.3, 0.4) is 0 Å². The van der Waals surface area contributed by atoms with Gasteiger partial charge >= 0.3 is 0 Å². The zero-order valence-electron chi connectivity index (χ0n) is 12.6. The maximum Gasteiger partial charge on any atom is 0.197 e. The molecule has 2 aliphatic carbocycles. The third-order valence-corrected chi connectivity index (χ3v) is 4.64. The van der Waals surface area contributed by atoms with E-state index in [-0.39, 0.29) is 5.96 Å². The lowest BCUT2D eigenvalue weighted by Crippen LogP contribution is -2.32. The summed E-state index contributed by atoms with van der Waals surface area (Å²) in [5, 5.41) is 7.93. The van der Waals surface area contributed by atoms with Gasteiger partial charge in [0, 0.05) is 11.4 Å². The molecule has 2 aromatic carbocycles. The lowest BCUT2D eigenvalue weighted by atomic mass is 10.1. The van der Waals surface area contributed by atoms with E-state index in [2.05, 4.69) is 48.5 Å². The average molecular weight is 291 g/mol. The van der Waals surface area contributed by atoms with Crippen molar-refractivity contribution in [1.29, 1.82) is 5.41 Å².